The highest BCUT2D eigenvalue weighted by atomic mass is 32.2. The van der Waals surface area contributed by atoms with Crippen molar-refractivity contribution in [3.05, 3.63) is 65.9 Å². The van der Waals surface area contributed by atoms with E-state index in [1.54, 1.807) is 18.2 Å². The number of hydrogen-bond acceptors (Lipinski definition) is 3. The van der Waals surface area contributed by atoms with Crippen LogP contribution in [-0.4, -0.2) is 43.6 Å². The molecule has 0 aliphatic carbocycles. The number of nitrogens with one attached hydrogen (secondary N) is 1. The van der Waals surface area contributed by atoms with Gasteiger partial charge in [-0.25, -0.2) is 8.42 Å². The van der Waals surface area contributed by atoms with Gasteiger partial charge >= 0.3 is 0 Å². The smallest absolute Gasteiger partial charge is 0.178 e. The van der Waals surface area contributed by atoms with Crippen molar-refractivity contribution >= 4 is 20.7 Å². The van der Waals surface area contributed by atoms with E-state index in [2.05, 4.69) is 16.9 Å². The van der Waals surface area contributed by atoms with Crippen LogP contribution in [0.2, 0.25) is 0 Å². The lowest BCUT2D eigenvalue weighted by Gasteiger charge is -2.18. The van der Waals surface area contributed by atoms with Gasteiger partial charge in [0.05, 0.1) is 10.6 Å². The Balaban J connectivity index is 1.61. The van der Waals surface area contributed by atoms with Crippen molar-refractivity contribution < 1.29 is 11.2 Å². The van der Waals surface area contributed by atoms with Gasteiger partial charge in [0.2, 0.25) is 0 Å². The van der Waals surface area contributed by atoms with Gasteiger partial charge in [0, 0.05) is 25.9 Å². The molecule has 5 heteroatoms. The fourth-order valence-corrected chi connectivity index (χ4v) is 4.90. The SMILES string of the molecule is [2H]C([2H])(Cc1ccc2[nH]cc(C[C@H]3CCCN3C)c2c1)S(=O)(=O)c1ccccc1. The first-order valence-corrected chi connectivity index (χ1v) is 10.8. The lowest BCUT2D eigenvalue weighted by Crippen LogP contribution is -2.26. The van der Waals surface area contributed by atoms with Crippen LogP contribution in [-0.2, 0) is 22.7 Å². The molecule has 4 nitrogen and oxygen atoms in total. The minimum absolute atomic E-state index is 0.0117. The predicted molar refractivity (Wildman–Crippen MR) is 110 cm³/mol. The number of aromatic nitrogens is 1. The third-order valence-corrected chi connectivity index (χ3v) is 6.90. The molecule has 0 unspecified atom stereocenters. The standard InChI is InChI=1S/C22H26N2O2S/c1-24-12-5-6-19(24)15-18-16-23-22-10-9-17(14-21(18)22)11-13-27(25,26)20-7-3-2-4-8-20/h2-4,7-10,14,16,19,23H,5-6,11-13,15H2,1H3/t19-/m1/s1/i13D2. The molecule has 1 aromatic heterocycles. The number of fused-ring (bicyclic) bond motifs is 1. The van der Waals surface area contributed by atoms with E-state index in [4.69, 9.17) is 2.74 Å². The quantitative estimate of drug-likeness (QED) is 0.703. The Morgan fingerprint density at radius 3 is 2.78 bits per heavy atom. The normalized spacial score (nSPS) is 20.0. The molecule has 27 heavy (non-hydrogen) atoms. The lowest BCUT2D eigenvalue weighted by atomic mass is 10.0. The number of aromatic amines is 1. The number of rotatable bonds is 6. The van der Waals surface area contributed by atoms with Crippen molar-refractivity contribution in [2.24, 2.45) is 0 Å². The van der Waals surface area contributed by atoms with E-state index in [1.165, 1.54) is 30.5 Å². The second-order valence-electron chi connectivity index (χ2n) is 7.31. The Labute approximate surface area is 163 Å². The summed E-state index contributed by atoms with van der Waals surface area (Å²) >= 11 is 0. The van der Waals surface area contributed by atoms with E-state index in [9.17, 15) is 8.42 Å². The van der Waals surface area contributed by atoms with Crippen molar-refractivity contribution in [1.82, 2.24) is 9.88 Å². The summed E-state index contributed by atoms with van der Waals surface area (Å²) in [7, 11) is -1.94. The number of hydrogen-bond donors (Lipinski definition) is 1. The molecule has 142 valence electrons. The maximum Gasteiger partial charge on any atom is 0.178 e. The molecule has 1 aliphatic heterocycles. The fraction of sp³-hybridized carbons (Fsp3) is 0.364. The van der Waals surface area contributed by atoms with E-state index in [0.29, 0.717) is 11.6 Å². The molecule has 0 spiro atoms. The van der Waals surface area contributed by atoms with Gasteiger partial charge in [-0.3, -0.25) is 0 Å². The van der Waals surface area contributed by atoms with Crippen LogP contribution in [0.5, 0.6) is 0 Å². The van der Waals surface area contributed by atoms with E-state index < -0.39 is 15.5 Å². The van der Waals surface area contributed by atoms with Gasteiger partial charge in [-0.05, 0) is 74.7 Å². The van der Waals surface area contributed by atoms with E-state index in [1.807, 2.05) is 24.4 Å². The Bertz CT molecular complexity index is 1110. The second kappa shape index (κ2) is 7.49. The number of nitrogens with zero attached hydrogens (tertiary/aromatic N) is 1. The molecule has 1 saturated heterocycles. The molecule has 0 radical (unpaired) electrons. The summed E-state index contributed by atoms with van der Waals surface area (Å²) in [5.74, 6) is 0. The minimum Gasteiger partial charge on any atom is -0.361 e. The molecule has 3 aromatic rings. The number of likely N-dealkylation sites (N-methyl/N-ethyl adjacent to an activating group) is 1. The summed E-state index contributed by atoms with van der Waals surface area (Å²) in [5.41, 5.74) is 0.495. The van der Waals surface area contributed by atoms with Crippen molar-refractivity contribution in [3.63, 3.8) is 0 Å². The fourth-order valence-electron chi connectivity index (χ4n) is 3.86. The first-order valence-electron chi connectivity index (χ1n) is 10.4. The predicted octanol–water partition coefficient (Wildman–Crippen LogP) is 3.82. The first-order chi connectivity index (χ1) is 13.8. The lowest BCUT2D eigenvalue weighted by molar-refractivity contribution is 0.310. The van der Waals surface area contributed by atoms with Crippen molar-refractivity contribution in [2.75, 3.05) is 19.3 Å². The summed E-state index contributed by atoms with van der Waals surface area (Å²) in [6, 6.07) is 14.0. The minimum atomic E-state index is -4.09. The maximum absolute atomic E-state index is 12.8. The molecule has 2 aromatic carbocycles. The molecule has 1 atom stereocenters. The number of H-pyrrole nitrogens is 1. The molecular formula is C22H26N2O2S. The van der Waals surface area contributed by atoms with Gasteiger partial charge in [-0.2, -0.15) is 0 Å². The van der Waals surface area contributed by atoms with Crippen LogP contribution in [0.3, 0.4) is 0 Å². The zero-order valence-corrected chi connectivity index (χ0v) is 16.3. The first kappa shape index (κ1) is 15.9. The summed E-state index contributed by atoms with van der Waals surface area (Å²) in [4.78, 5) is 5.69. The van der Waals surface area contributed by atoms with Crippen LogP contribution >= 0.6 is 0 Å². The Morgan fingerprint density at radius 1 is 1.22 bits per heavy atom. The molecule has 4 rings (SSSR count). The molecule has 0 bridgehead atoms. The highest BCUT2D eigenvalue weighted by Gasteiger charge is 2.22. The molecule has 1 N–H and O–H groups in total. The number of sulfone groups is 1. The van der Waals surface area contributed by atoms with E-state index >= 15 is 0 Å². The Hall–Kier alpha value is -2.11. The van der Waals surface area contributed by atoms with Crippen molar-refractivity contribution in [2.45, 2.75) is 36.6 Å². The molecule has 1 fully saturated rings. The van der Waals surface area contributed by atoms with Crippen LogP contribution in [0.25, 0.3) is 10.9 Å². The summed E-state index contributed by atoms with van der Waals surface area (Å²) in [5, 5.41) is 1.05. The average molecular weight is 385 g/mol. The monoisotopic (exact) mass is 384 g/mol. The van der Waals surface area contributed by atoms with Crippen LogP contribution < -0.4 is 0 Å². The van der Waals surface area contributed by atoms with Gasteiger partial charge in [-0.15, -0.1) is 0 Å². The maximum atomic E-state index is 12.8. The molecule has 2 heterocycles. The van der Waals surface area contributed by atoms with Gasteiger partial charge in [-0.1, -0.05) is 24.3 Å². The third-order valence-electron chi connectivity index (χ3n) is 5.48. The highest BCUT2D eigenvalue weighted by molar-refractivity contribution is 7.91. The van der Waals surface area contributed by atoms with Crippen molar-refractivity contribution in [1.29, 1.82) is 0 Å². The molecule has 0 amide bonds. The number of aryl methyl sites for hydroxylation is 1. The largest absolute Gasteiger partial charge is 0.361 e. The van der Waals surface area contributed by atoms with Crippen LogP contribution in [0.15, 0.2) is 59.6 Å². The second-order valence-corrected chi connectivity index (χ2v) is 9.08. The zero-order valence-electron chi connectivity index (χ0n) is 17.5. The van der Waals surface area contributed by atoms with E-state index in [0.717, 1.165) is 23.9 Å². The van der Waals surface area contributed by atoms with Gasteiger partial charge < -0.3 is 9.88 Å². The molecule has 0 saturated carbocycles. The summed E-state index contributed by atoms with van der Waals surface area (Å²) < 4.78 is 42.2. The van der Waals surface area contributed by atoms with Crippen LogP contribution in [0.1, 0.15) is 26.7 Å². The molecular weight excluding hydrogens is 356 g/mol. The highest BCUT2D eigenvalue weighted by Crippen LogP contribution is 2.26. The van der Waals surface area contributed by atoms with Gasteiger partial charge in [0.15, 0.2) is 9.84 Å². The average Bonchev–Trinajstić information content (AvgIpc) is 3.28. The van der Waals surface area contributed by atoms with Gasteiger partial charge in [0.1, 0.15) is 0 Å². The number of likely N-dealkylation sites (tertiary alicyclic amines) is 1. The van der Waals surface area contributed by atoms with Crippen LogP contribution in [0, 0.1) is 0 Å². The summed E-state index contributed by atoms with van der Waals surface area (Å²) in [6.07, 6.45) is 5.17. The number of benzene rings is 2. The Kier molecular flexibility index (Phi) is 4.41. The third kappa shape index (κ3) is 3.94. The summed E-state index contributed by atoms with van der Waals surface area (Å²) in [6.45, 7) is 1.12. The topological polar surface area (TPSA) is 53.2 Å². The zero-order chi connectivity index (χ0) is 20.6. The van der Waals surface area contributed by atoms with Crippen LogP contribution in [0.4, 0.5) is 0 Å². The Morgan fingerprint density at radius 2 is 2.04 bits per heavy atom. The molecule has 1 aliphatic rings. The van der Waals surface area contributed by atoms with Crippen molar-refractivity contribution in [3.8, 4) is 0 Å². The van der Waals surface area contributed by atoms with Gasteiger partial charge in [0.25, 0.3) is 0 Å². The van der Waals surface area contributed by atoms with E-state index in [-0.39, 0.29) is 11.3 Å².